The van der Waals surface area contributed by atoms with Gasteiger partial charge in [0.05, 0.1) is 0 Å². The molecule has 3 unspecified atom stereocenters. The van der Waals surface area contributed by atoms with Crippen LogP contribution in [-0.2, 0) is 5.41 Å². The highest BCUT2D eigenvalue weighted by atomic mass is 14.9. The lowest BCUT2D eigenvalue weighted by Crippen LogP contribution is -2.25. The molecule has 0 heterocycles. The fourth-order valence-electron chi connectivity index (χ4n) is 3.75. The molecular weight excluding hydrogens is 206 g/mol. The lowest BCUT2D eigenvalue weighted by molar-refractivity contribution is 0.449. The van der Waals surface area contributed by atoms with E-state index < -0.39 is 0 Å². The molecule has 0 aliphatic heterocycles. The second-order valence-electron chi connectivity index (χ2n) is 5.89. The molecule has 92 valence electrons. The molecule has 3 atom stereocenters. The first-order chi connectivity index (χ1) is 8.28. The van der Waals surface area contributed by atoms with Crippen molar-refractivity contribution in [3.8, 4) is 0 Å². The van der Waals surface area contributed by atoms with Gasteiger partial charge in [0.2, 0.25) is 0 Å². The summed E-state index contributed by atoms with van der Waals surface area (Å²) in [4.78, 5) is 0. The molecule has 0 saturated heterocycles. The van der Waals surface area contributed by atoms with Crippen LogP contribution in [0.3, 0.4) is 0 Å². The molecule has 0 amide bonds. The highest BCUT2D eigenvalue weighted by Gasteiger charge is 2.56. The summed E-state index contributed by atoms with van der Waals surface area (Å²) in [5, 5.41) is 3.52. The van der Waals surface area contributed by atoms with Gasteiger partial charge in [-0.15, -0.1) is 0 Å². The van der Waals surface area contributed by atoms with Gasteiger partial charge >= 0.3 is 0 Å². The molecule has 3 rings (SSSR count). The Morgan fingerprint density at radius 1 is 1.35 bits per heavy atom. The maximum Gasteiger partial charge on any atom is 0.0000117 e. The van der Waals surface area contributed by atoms with Crippen molar-refractivity contribution in [3.05, 3.63) is 35.4 Å². The fraction of sp³-hybridized carbons (Fsp3) is 0.625. The summed E-state index contributed by atoms with van der Waals surface area (Å²) in [5.74, 6) is 1.65. The molecule has 0 bridgehead atoms. The van der Waals surface area contributed by atoms with Gasteiger partial charge in [-0.3, -0.25) is 0 Å². The van der Waals surface area contributed by atoms with E-state index >= 15 is 0 Å². The van der Waals surface area contributed by atoms with E-state index in [1.54, 1.807) is 11.1 Å². The Morgan fingerprint density at radius 3 is 3.00 bits per heavy atom. The zero-order chi connectivity index (χ0) is 11.9. The summed E-state index contributed by atoms with van der Waals surface area (Å²) in [6.07, 6.45) is 4.19. The normalized spacial score (nSPS) is 34.7. The van der Waals surface area contributed by atoms with Crippen LogP contribution in [0, 0.1) is 5.92 Å². The van der Waals surface area contributed by atoms with Crippen LogP contribution in [0.1, 0.15) is 50.2 Å². The third-order valence-corrected chi connectivity index (χ3v) is 4.92. The maximum absolute atomic E-state index is 3.52. The van der Waals surface area contributed by atoms with Crippen LogP contribution in [0.25, 0.3) is 0 Å². The Kier molecular flexibility index (Phi) is 2.74. The molecular formula is C16H23N. The van der Waals surface area contributed by atoms with Crippen LogP contribution in [-0.4, -0.2) is 13.1 Å². The van der Waals surface area contributed by atoms with Crippen LogP contribution in [0.4, 0.5) is 0 Å². The standard InChI is InChI=1S/C16H23N/c1-3-17-11-13-10-16(13)9-8-12(2)14-6-4-5-7-15(14)16/h4-7,12-13,17H,3,8-11H2,1-2H3. The number of hydrogen-bond donors (Lipinski definition) is 1. The van der Waals surface area contributed by atoms with Crippen LogP contribution in [0.15, 0.2) is 24.3 Å². The predicted molar refractivity (Wildman–Crippen MR) is 72.4 cm³/mol. The molecule has 1 N–H and O–H groups in total. The van der Waals surface area contributed by atoms with Gasteiger partial charge in [0.15, 0.2) is 0 Å². The van der Waals surface area contributed by atoms with Crippen LogP contribution in [0.2, 0.25) is 0 Å². The van der Waals surface area contributed by atoms with Crippen molar-refractivity contribution in [3.63, 3.8) is 0 Å². The third-order valence-electron chi connectivity index (χ3n) is 4.92. The molecule has 17 heavy (non-hydrogen) atoms. The van der Waals surface area contributed by atoms with Crippen LogP contribution >= 0.6 is 0 Å². The highest BCUT2D eigenvalue weighted by molar-refractivity contribution is 5.44. The van der Waals surface area contributed by atoms with Crippen LogP contribution in [0.5, 0.6) is 0 Å². The smallest absolute Gasteiger partial charge is 0.0000117 e. The molecule has 2 aliphatic rings. The minimum absolute atomic E-state index is 0.547. The van der Waals surface area contributed by atoms with Gasteiger partial charge in [0, 0.05) is 5.41 Å². The Balaban J connectivity index is 1.87. The Labute approximate surface area is 105 Å². The lowest BCUT2D eigenvalue weighted by atomic mass is 9.74. The second-order valence-corrected chi connectivity index (χ2v) is 5.89. The first-order valence-electron chi connectivity index (χ1n) is 7.08. The Morgan fingerprint density at radius 2 is 2.18 bits per heavy atom. The molecule has 0 aromatic heterocycles. The molecule has 1 fully saturated rings. The summed E-state index contributed by atoms with van der Waals surface area (Å²) >= 11 is 0. The lowest BCUT2D eigenvalue weighted by Gasteiger charge is -2.31. The number of rotatable bonds is 3. The highest BCUT2D eigenvalue weighted by Crippen LogP contribution is 2.61. The molecule has 2 aliphatic carbocycles. The van der Waals surface area contributed by atoms with Crippen LogP contribution < -0.4 is 5.32 Å². The Hall–Kier alpha value is -0.820. The average molecular weight is 229 g/mol. The topological polar surface area (TPSA) is 12.0 Å². The molecule has 1 saturated carbocycles. The molecule has 1 aromatic carbocycles. The maximum atomic E-state index is 3.52. The van der Waals surface area contributed by atoms with Gasteiger partial charge < -0.3 is 5.32 Å². The molecule has 1 spiro atoms. The Bertz CT molecular complexity index is 412. The molecule has 1 heteroatoms. The molecule has 1 aromatic rings. The van der Waals surface area contributed by atoms with Gasteiger partial charge in [0.25, 0.3) is 0 Å². The summed E-state index contributed by atoms with van der Waals surface area (Å²) in [6, 6.07) is 9.16. The van der Waals surface area contributed by atoms with E-state index in [0.717, 1.165) is 18.4 Å². The van der Waals surface area contributed by atoms with E-state index in [1.165, 1.54) is 25.8 Å². The minimum atomic E-state index is 0.547. The number of nitrogens with one attached hydrogen (secondary N) is 1. The summed E-state index contributed by atoms with van der Waals surface area (Å²) in [7, 11) is 0. The zero-order valence-corrected chi connectivity index (χ0v) is 11.0. The monoisotopic (exact) mass is 229 g/mol. The molecule has 0 radical (unpaired) electrons. The summed E-state index contributed by atoms with van der Waals surface area (Å²) in [5.41, 5.74) is 3.84. The van der Waals surface area contributed by atoms with E-state index in [9.17, 15) is 0 Å². The average Bonchev–Trinajstić information content (AvgIpc) is 3.07. The number of benzene rings is 1. The van der Waals surface area contributed by atoms with Crippen molar-refractivity contribution in [1.29, 1.82) is 0 Å². The van der Waals surface area contributed by atoms with Gasteiger partial charge in [0.1, 0.15) is 0 Å². The van der Waals surface area contributed by atoms with E-state index in [2.05, 4.69) is 43.4 Å². The van der Waals surface area contributed by atoms with Crippen molar-refractivity contribution >= 4 is 0 Å². The van der Waals surface area contributed by atoms with E-state index in [0.29, 0.717) is 5.41 Å². The minimum Gasteiger partial charge on any atom is -0.317 e. The predicted octanol–water partition coefficient (Wildman–Crippen LogP) is 3.45. The first-order valence-corrected chi connectivity index (χ1v) is 7.08. The summed E-state index contributed by atoms with van der Waals surface area (Å²) in [6.45, 7) is 6.89. The van der Waals surface area contributed by atoms with E-state index in [1.807, 2.05) is 0 Å². The van der Waals surface area contributed by atoms with Gasteiger partial charge in [-0.25, -0.2) is 0 Å². The summed E-state index contributed by atoms with van der Waals surface area (Å²) < 4.78 is 0. The molecule has 1 nitrogen and oxygen atoms in total. The SMILES string of the molecule is CCNCC1CC12CCC(C)c1ccccc12. The number of hydrogen-bond acceptors (Lipinski definition) is 1. The first kappa shape index (κ1) is 11.3. The second kappa shape index (κ2) is 4.13. The largest absolute Gasteiger partial charge is 0.317 e. The van der Waals surface area contributed by atoms with Crippen molar-refractivity contribution < 1.29 is 0 Å². The fourth-order valence-corrected chi connectivity index (χ4v) is 3.75. The quantitative estimate of drug-likeness (QED) is 0.837. The zero-order valence-electron chi connectivity index (χ0n) is 11.0. The van der Waals surface area contributed by atoms with Crippen molar-refractivity contribution in [2.75, 3.05) is 13.1 Å². The third kappa shape index (κ3) is 1.72. The number of fused-ring (bicyclic) bond motifs is 2. The van der Waals surface area contributed by atoms with E-state index in [4.69, 9.17) is 0 Å². The van der Waals surface area contributed by atoms with Crippen molar-refractivity contribution in [2.24, 2.45) is 5.92 Å². The van der Waals surface area contributed by atoms with Crippen molar-refractivity contribution in [1.82, 2.24) is 5.32 Å². The van der Waals surface area contributed by atoms with Gasteiger partial charge in [-0.1, -0.05) is 38.1 Å². The van der Waals surface area contributed by atoms with Crippen molar-refractivity contribution in [2.45, 2.75) is 44.4 Å². The van der Waals surface area contributed by atoms with Gasteiger partial charge in [-0.2, -0.15) is 0 Å². The van der Waals surface area contributed by atoms with E-state index in [-0.39, 0.29) is 0 Å². The van der Waals surface area contributed by atoms with Gasteiger partial charge in [-0.05, 0) is 55.3 Å².